The Morgan fingerprint density at radius 3 is 2.79 bits per heavy atom. The number of pyridine rings is 1. The molecule has 76 valence electrons. The van der Waals surface area contributed by atoms with Crippen molar-refractivity contribution in [1.29, 1.82) is 0 Å². The van der Waals surface area contributed by atoms with Gasteiger partial charge in [0.2, 0.25) is 0 Å². The Morgan fingerprint density at radius 1 is 1.64 bits per heavy atom. The summed E-state index contributed by atoms with van der Waals surface area (Å²) in [6, 6.07) is 1.67. The monoisotopic (exact) mass is 325 g/mol. The van der Waals surface area contributed by atoms with E-state index in [0.29, 0.717) is 5.02 Å². The molecule has 1 aromatic heterocycles. The number of hydrogen-bond acceptors (Lipinski definition) is 3. The summed E-state index contributed by atoms with van der Waals surface area (Å²) < 4.78 is 5.85. The van der Waals surface area contributed by atoms with Crippen molar-refractivity contribution in [3.8, 4) is 0 Å². The summed E-state index contributed by atoms with van der Waals surface area (Å²) in [6.07, 6.45) is 1.41. The summed E-state index contributed by atoms with van der Waals surface area (Å²) in [5.41, 5.74) is 0.167. The van der Waals surface area contributed by atoms with Crippen molar-refractivity contribution in [2.45, 2.75) is 20.0 Å². The van der Waals surface area contributed by atoms with Crippen LogP contribution in [-0.4, -0.2) is 17.1 Å². The molecule has 0 saturated carbocycles. The minimum absolute atomic E-state index is 0.167. The highest BCUT2D eigenvalue weighted by atomic mass is 127. The molecular weight excluding hydrogens is 316 g/mol. The first-order chi connectivity index (χ1) is 6.50. The molecule has 1 rings (SSSR count). The van der Waals surface area contributed by atoms with E-state index in [1.165, 1.54) is 0 Å². The maximum absolute atomic E-state index is 11.4. The molecule has 0 aliphatic heterocycles. The van der Waals surface area contributed by atoms with Crippen LogP contribution in [0.1, 0.15) is 24.3 Å². The number of nitrogens with zero attached hydrogens (tertiary/aromatic N) is 1. The second-order valence-corrected chi connectivity index (χ2v) is 4.59. The molecular formula is C9H9ClINO2. The van der Waals surface area contributed by atoms with Crippen LogP contribution < -0.4 is 0 Å². The van der Waals surface area contributed by atoms with Gasteiger partial charge in [0.1, 0.15) is 0 Å². The Kier molecular flexibility index (Phi) is 4.12. The van der Waals surface area contributed by atoms with Crippen LogP contribution in [0.15, 0.2) is 12.3 Å². The molecule has 0 unspecified atom stereocenters. The van der Waals surface area contributed by atoms with E-state index in [4.69, 9.17) is 16.3 Å². The van der Waals surface area contributed by atoms with E-state index in [1.54, 1.807) is 26.1 Å². The molecule has 0 N–H and O–H groups in total. The molecule has 0 bridgehead atoms. The molecule has 0 aliphatic carbocycles. The first-order valence-electron chi connectivity index (χ1n) is 4.02. The largest absolute Gasteiger partial charge is 0.458 e. The number of ether oxygens (including phenoxy) is 1. The van der Waals surface area contributed by atoms with Gasteiger partial charge in [-0.1, -0.05) is 11.6 Å². The fourth-order valence-corrected chi connectivity index (χ4v) is 1.71. The summed E-state index contributed by atoms with van der Waals surface area (Å²) >= 11 is 7.91. The molecule has 0 aromatic carbocycles. The minimum atomic E-state index is -0.485. The van der Waals surface area contributed by atoms with Gasteiger partial charge in [-0.3, -0.25) is 0 Å². The van der Waals surface area contributed by atoms with Crippen molar-refractivity contribution >= 4 is 40.2 Å². The second-order valence-electron chi connectivity index (χ2n) is 2.94. The minimum Gasteiger partial charge on any atom is -0.458 e. The molecule has 1 aromatic rings. The van der Waals surface area contributed by atoms with Crippen LogP contribution in [0.3, 0.4) is 0 Å². The maximum Gasteiger partial charge on any atom is 0.358 e. The summed E-state index contributed by atoms with van der Waals surface area (Å²) in [6.45, 7) is 3.55. The molecule has 0 spiro atoms. The number of esters is 1. The number of carbonyl (C=O) groups excluding carboxylic acids is 1. The predicted octanol–water partition coefficient (Wildman–Crippen LogP) is 2.90. The highest BCUT2D eigenvalue weighted by Gasteiger charge is 2.14. The van der Waals surface area contributed by atoms with E-state index < -0.39 is 5.97 Å². The van der Waals surface area contributed by atoms with Gasteiger partial charge in [-0.25, -0.2) is 9.78 Å². The standard InChI is InChI=1S/C9H9ClINO2/c1-5(2)14-9(13)8-7(10)3-6(11)4-12-8/h3-5H,1-2H3. The Labute approximate surface area is 101 Å². The Bertz CT molecular complexity index is 355. The van der Waals surface area contributed by atoms with Crippen molar-refractivity contribution in [3.05, 3.63) is 26.5 Å². The van der Waals surface area contributed by atoms with Crippen molar-refractivity contribution in [3.63, 3.8) is 0 Å². The number of carbonyl (C=O) groups is 1. The maximum atomic E-state index is 11.4. The fraction of sp³-hybridized carbons (Fsp3) is 0.333. The first kappa shape index (κ1) is 11.7. The van der Waals surface area contributed by atoms with Gasteiger partial charge in [-0.05, 0) is 42.5 Å². The average molecular weight is 326 g/mol. The van der Waals surface area contributed by atoms with E-state index >= 15 is 0 Å². The zero-order valence-electron chi connectivity index (χ0n) is 7.75. The van der Waals surface area contributed by atoms with E-state index in [2.05, 4.69) is 27.6 Å². The molecule has 0 fully saturated rings. The third-order valence-electron chi connectivity index (χ3n) is 1.34. The summed E-state index contributed by atoms with van der Waals surface area (Å²) in [4.78, 5) is 15.3. The average Bonchev–Trinajstić information content (AvgIpc) is 2.01. The van der Waals surface area contributed by atoms with Crippen LogP contribution in [0.5, 0.6) is 0 Å². The van der Waals surface area contributed by atoms with Crippen LogP contribution in [0.2, 0.25) is 5.02 Å². The highest BCUT2D eigenvalue weighted by Crippen LogP contribution is 2.17. The zero-order chi connectivity index (χ0) is 10.7. The molecule has 5 heteroatoms. The molecule has 1 heterocycles. The Hall–Kier alpha value is -0.360. The lowest BCUT2D eigenvalue weighted by Crippen LogP contribution is -2.13. The lowest BCUT2D eigenvalue weighted by molar-refractivity contribution is 0.0371. The number of halogens is 2. The van der Waals surface area contributed by atoms with Gasteiger partial charge >= 0.3 is 5.97 Å². The van der Waals surface area contributed by atoms with E-state index in [1.807, 2.05) is 0 Å². The molecule has 14 heavy (non-hydrogen) atoms. The highest BCUT2D eigenvalue weighted by molar-refractivity contribution is 14.1. The molecule has 0 amide bonds. The fourth-order valence-electron chi connectivity index (χ4n) is 0.835. The lowest BCUT2D eigenvalue weighted by atomic mass is 10.3. The normalized spacial score (nSPS) is 10.4. The van der Waals surface area contributed by atoms with Crippen LogP contribution in [0.25, 0.3) is 0 Å². The van der Waals surface area contributed by atoms with Crippen LogP contribution in [0, 0.1) is 3.57 Å². The van der Waals surface area contributed by atoms with Gasteiger partial charge in [-0.2, -0.15) is 0 Å². The van der Waals surface area contributed by atoms with Gasteiger partial charge in [-0.15, -0.1) is 0 Å². The predicted molar refractivity (Wildman–Crippen MR) is 62.5 cm³/mol. The van der Waals surface area contributed by atoms with Crippen LogP contribution >= 0.6 is 34.2 Å². The number of hydrogen-bond donors (Lipinski definition) is 0. The Morgan fingerprint density at radius 2 is 2.29 bits per heavy atom. The lowest BCUT2D eigenvalue weighted by Gasteiger charge is -2.07. The van der Waals surface area contributed by atoms with Crippen molar-refractivity contribution in [1.82, 2.24) is 4.98 Å². The Balaban J connectivity index is 2.90. The smallest absolute Gasteiger partial charge is 0.358 e. The molecule has 0 atom stereocenters. The topological polar surface area (TPSA) is 39.2 Å². The van der Waals surface area contributed by atoms with Crippen LogP contribution in [-0.2, 0) is 4.74 Å². The van der Waals surface area contributed by atoms with Gasteiger partial charge in [0.15, 0.2) is 5.69 Å². The van der Waals surface area contributed by atoms with Gasteiger partial charge in [0.05, 0.1) is 11.1 Å². The van der Waals surface area contributed by atoms with Crippen molar-refractivity contribution in [2.24, 2.45) is 0 Å². The summed E-state index contributed by atoms with van der Waals surface area (Å²) in [5, 5.41) is 0.322. The van der Waals surface area contributed by atoms with Gasteiger partial charge in [0, 0.05) is 9.77 Å². The third kappa shape index (κ3) is 3.09. The first-order valence-corrected chi connectivity index (χ1v) is 5.48. The van der Waals surface area contributed by atoms with Crippen molar-refractivity contribution < 1.29 is 9.53 Å². The third-order valence-corrected chi connectivity index (χ3v) is 2.22. The second kappa shape index (κ2) is 4.93. The van der Waals surface area contributed by atoms with Crippen LogP contribution in [0.4, 0.5) is 0 Å². The van der Waals surface area contributed by atoms with E-state index in [9.17, 15) is 4.79 Å². The molecule has 0 saturated heterocycles. The zero-order valence-corrected chi connectivity index (χ0v) is 10.7. The molecule has 0 aliphatic rings. The van der Waals surface area contributed by atoms with Gasteiger partial charge < -0.3 is 4.74 Å². The molecule has 0 radical (unpaired) electrons. The van der Waals surface area contributed by atoms with Crippen molar-refractivity contribution in [2.75, 3.05) is 0 Å². The number of rotatable bonds is 2. The van der Waals surface area contributed by atoms with Gasteiger partial charge in [0.25, 0.3) is 0 Å². The summed E-state index contributed by atoms with van der Waals surface area (Å²) in [5.74, 6) is -0.485. The van der Waals surface area contributed by atoms with E-state index in [-0.39, 0.29) is 11.8 Å². The summed E-state index contributed by atoms with van der Waals surface area (Å²) in [7, 11) is 0. The molecule has 3 nitrogen and oxygen atoms in total. The quantitative estimate of drug-likeness (QED) is 0.620. The number of aromatic nitrogens is 1. The SMILES string of the molecule is CC(C)OC(=O)c1ncc(I)cc1Cl. The van der Waals surface area contributed by atoms with E-state index in [0.717, 1.165) is 3.57 Å².